The summed E-state index contributed by atoms with van der Waals surface area (Å²) < 4.78 is 76.9. The van der Waals surface area contributed by atoms with Gasteiger partial charge in [0.2, 0.25) is 5.79 Å². The lowest BCUT2D eigenvalue weighted by atomic mass is 9.76. The van der Waals surface area contributed by atoms with Crippen LogP contribution >= 0.6 is 0 Å². The normalized spacial score (nSPS) is 28.5. The highest BCUT2D eigenvalue weighted by molar-refractivity contribution is 7.91. The zero-order valence-electron chi connectivity index (χ0n) is 34.6. The molecule has 2 aliphatic heterocycles. The lowest BCUT2D eigenvalue weighted by molar-refractivity contribution is -0.357. The number of esters is 1. The number of hydrogen-bond donors (Lipinski definition) is 0. The highest BCUT2D eigenvalue weighted by atomic mass is 32.2. The first-order valence-electron chi connectivity index (χ1n) is 18.6. The Balaban J connectivity index is 2.06. The summed E-state index contributed by atoms with van der Waals surface area (Å²) in [6.45, 7) is 25.3. The van der Waals surface area contributed by atoms with E-state index in [0.29, 0.717) is 0 Å². The molecule has 2 fully saturated rings. The van der Waals surface area contributed by atoms with E-state index in [1.807, 2.05) is 13.8 Å². The Bertz CT molecular complexity index is 1490. The molecule has 0 amide bonds. The Morgan fingerprint density at radius 2 is 1.47 bits per heavy atom. The molecule has 0 aliphatic carbocycles. The van der Waals surface area contributed by atoms with Crippen LogP contribution in [0.25, 0.3) is 0 Å². The molecular formula is C38H66O12SSi2. The summed E-state index contributed by atoms with van der Waals surface area (Å²) in [4.78, 5) is 26.0. The molecule has 0 aromatic heterocycles. The maximum Gasteiger partial charge on any atom is 0.509 e. The number of sulfone groups is 1. The van der Waals surface area contributed by atoms with Crippen molar-refractivity contribution in [3.63, 3.8) is 0 Å². The fourth-order valence-corrected chi connectivity index (χ4v) is 10.8. The van der Waals surface area contributed by atoms with Gasteiger partial charge in [0.1, 0.15) is 0 Å². The second kappa shape index (κ2) is 17.1. The van der Waals surface area contributed by atoms with Crippen molar-refractivity contribution in [2.45, 2.75) is 158 Å². The zero-order valence-corrected chi connectivity index (χ0v) is 37.5. The number of rotatable bonds is 16. The molecule has 0 N–H and O–H groups in total. The van der Waals surface area contributed by atoms with E-state index in [0.717, 1.165) is 0 Å². The lowest BCUT2D eigenvalue weighted by Crippen LogP contribution is -2.67. The minimum Gasteiger partial charge on any atom is -0.469 e. The molecular weight excluding hydrogens is 737 g/mol. The van der Waals surface area contributed by atoms with E-state index in [1.54, 1.807) is 30.3 Å². The van der Waals surface area contributed by atoms with Crippen molar-refractivity contribution in [1.82, 2.24) is 0 Å². The molecule has 53 heavy (non-hydrogen) atoms. The molecule has 0 unspecified atom stereocenters. The molecule has 1 aromatic carbocycles. The van der Waals surface area contributed by atoms with Crippen LogP contribution in [0.3, 0.4) is 0 Å². The smallest absolute Gasteiger partial charge is 0.469 e. The van der Waals surface area contributed by atoms with Gasteiger partial charge < -0.3 is 37.3 Å². The quantitative estimate of drug-likeness (QED) is 0.121. The van der Waals surface area contributed by atoms with Gasteiger partial charge in [0.05, 0.1) is 48.6 Å². The van der Waals surface area contributed by atoms with Gasteiger partial charge in [-0.15, -0.1) is 0 Å². The van der Waals surface area contributed by atoms with E-state index in [-0.39, 0.29) is 45.9 Å². The Kier molecular flexibility index (Phi) is 14.7. The summed E-state index contributed by atoms with van der Waals surface area (Å²) in [5, 5.41) is -0.314. The number of methoxy groups -OCH3 is 3. The number of benzene rings is 1. The van der Waals surface area contributed by atoms with Crippen LogP contribution in [0.4, 0.5) is 4.79 Å². The van der Waals surface area contributed by atoms with Crippen molar-refractivity contribution in [1.29, 1.82) is 0 Å². The van der Waals surface area contributed by atoms with Crippen LogP contribution in [0.1, 0.15) is 74.7 Å². The van der Waals surface area contributed by atoms with Gasteiger partial charge in [-0.3, -0.25) is 4.79 Å². The molecule has 0 spiro atoms. The molecule has 0 saturated carbocycles. The van der Waals surface area contributed by atoms with E-state index in [1.165, 1.54) is 21.3 Å². The third-order valence-electron chi connectivity index (χ3n) is 12.1. The van der Waals surface area contributed by atoms with E-state index >= 15 is 0 Å². The molecule has 2 saturated heterocycles. The lowest BCUT2D eigenvalue weighted by Gasteiger charge is -2.55. The first-order valence-corrected chi connectivity index (χ1v) is 26.1. The van der Waals surface area contributed by atoms with Gasteiger partial charge in [-0.2, -0.15) is 0 Å². The van der Waals surface area contributed by atoms with Gasteiger partial charge in [-0.25, -0.2) is 13.2 Å². The summed E-state index contributed by atoms with van der Waals surface area (Å²) in [6.07, 6.45) is -5.35. The number of carbonyl (C=O) groups excluding carboxylic acids is 2. The van der Waals surface area contributed by atoms with E-state index in [9.17, 15) is 18.0 Å². The number of hydrogen-bond acceptors (Lipinski definition) is 12. The van der Waals surface area contributed by atoms with Crippen LogP contribution in [-0.2, 0) is 51.9 Å². The summed E-state index contributed by atoms with van der Waals surface area (Å²) in [7, 11) is -4.16. The largest absolute Gasteiger partial charge is 0.509 e. The minimum atomic E-state index is -3.65. The van der Waals surface area contributed by atoms with Gasteiger partial charge >= 0.3 is 12.1 Å². The highest BCUT2D eigenvalue weighted by Crippen LogP contribution is 2.49. The van der Waals surface area contributed by atoms with Gasteiger partial charge in [0.15, 0.2) is 38.7 Å². The number of carbonyl (C=O) groups is 2. The summed E-state index contributed by atoms with van der Waals surface area (Å²) in [5.41, 5.74) is 0. The fraction of sp³-hybridized carbons (Fsp3) is 0.789. The predicted molar refractivity (Wildman–Crippen MR) is 207 cm³/mol. The molecule has 0 radical (unpaired) electrons. The molecule has 304 valence electrons. The molecule has 3 rings (SSSR count). The maximum absolute atomic E-state index is 13.5. The van der Waals surface area contributed by atoms with Crippen LogP contribution in [0.5, 0.6) is 0 Å². The summed E-state index contributed by atoms with van der Waals surface area (Å²) in [6, 6.07) is 8.33. The highest BCUT2D eigenvalue weighted by Gasteiger charge is 2.64. The number of ether oxygens (including phenoxy) is 6. The first-order chi connectivity index (χ1) is 24.3. The van der Waals surface area contributed by atoms with Crippen LogP contribution in [0, 0.1) is 11.8 Å². The third-order valence-corrected chi connectivity index (χ3v) is 22.9. The van der Waals surface area contributed by atoms with Crippen LogP contribution in [0.15, 0.2) is 35.2 Å². The van der Waals surface area contributed by atoms with Gasteiger partial charge in [0.25, 0.3) is 0 Å². The molecule has 1 aromatic rings. The second-order valence-corrected chi connectivity index (χ2v) is 29.3. The Hall–Kier alpha value is -1.86. The summed E-state index contributed by atoms with van der Waals surface area (Å²) in [5.74, 6) is -2.98. The molecule has 0 bridgehead atoms. The van der Waals surface area contributed by atoms with Crippen molar-refractivity contribution in [3.8, 4) is 0 Å². The average Bonchev–Trinajstić information content (AvgIpc) is 3.44. The maximum atomic E-state index is 13.5. The van der Waals surface area contributed by atoms with Crippen LogP contribution in [-0.4, -0.2) is 107 Å². The van der Waals surface area contributed by atoms with E-state index in [4.69, 9.17) is 37.3 Å². The van der Waals surface area contributed by atoms with E-state index in [2.05, 4.69) is 67.7 Å². The van der Waals surface area contributed by atoms with Crippen LogP contribution < -0.4 is 0 Å². The standard InChI is InChI=1S/C38H66O12SSi2/c1-25-29(24-32(39)44-10)48-38(45-11,26(2)33(25)50-53(14,15)37(6,7)8)34-31(46-35(40)47-34)23-30(43-9)28(49-52(12,13)36(3,4)5)21-22-51(41,42)27-19-17-16-18-20-27/h16-20,25-26,28-31,33-34H,21-24H2,1-15H3/t25-,26+,28-,29+,30-,31-,33-,34+,38+/m0/s1. The van der Waals surface area contributed by atoms with Gasteiger partial charge in [0, 0.05) is 32.5 Å². The van der Waals surface area contributed by atoms with Crippen molar-refractivity contribution >= 4 is 38.6 Å². The van der Waals surface area contributed by atoms with Crippen LogP contribution in [0.2, 0.25) is 36.3 Å². The molecule has 12 nitrogen and oxygen atoms in total. The fourth-order valence-electron chi connectivity index (χ4n) is 6.65. The Morgan fingerprint density at radius 1 is 0.887 bits per heavy atom. The molecule has 15 heteroatoms. The van der Waals surface area contributed by atoms with Gasteiger partial charge in [-0.05, 0) is 54.8 Å². The van der Waals surface area contributed by atoms with Gasteiger partial charge in [-0.1, -0.05) is 73.6 Å². The van der Waals surface area contributed by atoms with Crippen molar-refractivity contribution in [2.24, 2.45) is 11.8 Å². The monoisotopic (exact) mass is 802 g/mol. The average molecular weight is 803 g/mol. The van der Waals surface area contributed by atoms with Crippen molar-refractivity contribution in [2.75, 3.05) is 27.1 Å². The topological polar surface area (TPSA) is 142 Å². The zero-order chi connectivity index (χ0) is 40.4. The predicted octanol–water partition coefficient (Wildman–Crippen LogP) is 7.52. The van der Waals surface area contributed by atoms with Crippen molar-refractivity contribution in [3.05, 3.63) is 30.3 Å². The van der Waals surface area contributed by atoms with E-state index < -0.39 is 86.9 Å². The first kappa shape index (κ1) is 45.5. The summed E-state index contributed by atoms with van der Waals surface area (Å²) >= 11 is 0. The molecule has 2 heterocycles. The SMILES string of the molecule is COC(=O)C[C@H]1O[C@@](OC)([C@@H]2OC(=O)O[C@H]2C[C@H](OC)[C@H](CCS(=O)(=O)c2ccccc2)O[Si](C)(C)C(C)(C)C)[C@H](C)[C@@H](O[Si](C)(C)C(C)(C)C)[C@H]1C. The third kappa shape index (κ3) is 10.3. The molecule has 9 atom stereocenters. The molecule has 2 aliphatic rings. The number of cyclic esters (lactones) is 2. The Morgan fingerprint density at radius 3 is 1.98 bits per heavy atom. The minimum absolute atomic E-state index is 0.0714. The van der Waals surface area contributed by atoms with Crippen molar-refractivity contribution < 1.29 is 55.3 Å². The Labute approximate surface area is 320 Å². The second-order valence-electron chi connectivity index (χ2n) is 17.6.